The fourth-order valence-electron chi connectivity index (χ4n) is 5.64. The summed E-state index contributed by atoms with van der Waals surface area (Å²) in [6.45, 7) is 0.516. The molecule has 3 heterocycles. The van der Waals surface area contributed by atoms with Gasteiger partial charge in [0.2, 0.25) is 5.91 Å². The zero-order valence-corrected chi connectivity index (χ0v) is 16.5. The molecule has 1 saturated heterocycles. The Morgan fingerprint density at radius 2 is 1.87 bits per heavy atom. The van der Waals surface area contributed by atoms with Gasteiger partial charge in [0, 0.05) is 23.5 Å². The van der Waals surface area contributed by atoms with Crippen LogP contribution in [0.5, 0.6) is 0 Å². The van der Waals surface area contributed by atoms with Crippen LogP contribution in [0.25, 0.3) is 0 Å². The van der Waals surface area contributed by atoms with E-state index in [2.05, 4.69) is 15.5 Å². The van der Waals surface area contributed by atoms with Crippen molar-refractivity contribution < 1.29 is 9.59 Å². The highest BCUT2D eigenvalue weighted by Crippen LogP contribution is 2.55. The summed E-state index contributed by atoms with van der Waals surface area (Å²) in [7, 11) is 0. The van der Waals surface area contributed by atoms with E-state index in [0.717, 1.165) is 47.3 Å². The number of nitrogens with one attached hydrogen (secondary N) is 2. The van der Waals surface area contributed by atoms with E-state index >= 15 is 0 Å². The Hall–Kier alpha value is -3.41. The van der Waals surface area contributed by atoms with Crippen LogP contribution in [0.3, 0.4) is 0 Å². The zero-order chi connectivity index (χ0) is 20.3. The molecule has 2 unspecified atom stereocenters. The topological polar surface area (TPSA) is 78.1 Å². The van der Waals surface area contributed by atoms with E-state index in [9.17, 15) is 9.59 Å². The monoisotopic (exact) mass is 398 g/mol. The molecule has 1 fully saturated rings. The summed E-state index contributed by atoms with van der Waals surface area (Å²) in [6, 6.07) is 17.4. The number of para-hydroxylation sites is 1. The first-order valence-electron chi connectivity index (χ1n) is 10.5. The third-order valence-corrected chi connectivity index (χ3v) is 6.97. The van der Waals surface area contributed by atoms with Crippen molar-refractivity contribution in [3.05, 3.63) is 82.7 Å². The number of amides is 2. The number of benzene rings is 2. The second-order valence-corrected chi connectivity index (χ2v) is 8.42. The standard InChI is InChI=1S/C24H22N4O2/c29-22(20-16-9-6-12-18(16)26-27-20)28-14-13-24(21(28)15-7-2-1-3-8-15)17-10-4-5-11-19(17)25-23(24)30/h1-5,7-8,10-11,21H,6,9,12-14H2,(H,25,30)(H,26,27). The smallest absolute Gasteiger partial charge is 0.275 e. The molecule has 1 aliphatic carbocycles. The van der Waals surface area contributed by atoms with Crippen molar-refractivity contribution in [2.75, 3.05) is 11.9 Å². The van der Waals surface area contributed by atoms with Gasteiger partial charge in [0.1, 0.15) is 5.41 Å². The number of carbonyl (C=O) groups is 2. The molecule has 0 radical (unpaired) electrons. The summed E-state index contributed by atoms with van der Waals surface area (Å²) < 4.78 is 0. The largest absolute Gasteiger partial charge is 0.329 e. The average Bonchev–Trinajstić information content (AvgIpc) is 3.52. The molecule has 6 rings (SSSR count). The molecule has 30 heavy (non-hydrogen) atoms. The van der Waals surface area contributed by atoms with Crippen LogP contribution in [0, 0.1) is 0 Å². The van der Waals surface area contributed by atoms with Gasteiger partial charge in [0.15, 0.2) is 5.69 Å². The molecule has 1 spiro atoms. The first-order chi connectivity index (χ1) is 14.7. The predicted molar refractivity (Wildman–Crippen MR) is 112 cm³/mol. The predicted octanol–water partition coefficient (Wildman–Crippen LogP) is 3.38. The maximum atomic E-state index is 13.7. The van der Waals surface area contributed by atoms with Crippen molar-refractivity contribution in [1.82, 2.24) is 15.1 Å². The van der Waals surface area contributed by atoms with Crippen molar-refractivity contribution in [2.24, 2.45) is 0 Å². The number of fused-ring (bicyclic) bond motifs is 3. The van der Waals surface area contributed by atoms with Gasteiger partial charge < -0.3 is 10.2 Å². The van der Waals surface area contributed by atoms with E-state index in [0.29, 0.717) is 18.7 Å². The van der Waals surface area contributed by atoms with Gasteiger partial charge in [-0.2, -0.15) is 5.10 Å². The van der Waals surface area contributed by atoms with Gasteiger partial charge in [-0.1, -0.05) is 48.5 Å². The molecule has 3 aromatic rings. The summed E-state index contributed by atoms with van der Waals surface area (Å²) in [5.74, 6) is -0.114. The molecule has 0 saturated carbocycles. The number of carbonyl (C=O) groups excluding carboxylic acids is 2. The first-order valence-corrected chi connectivity index (χ1v) is 10.5. The van der Waals surface area contributed by atoms with Crippen LogP contribution in [0.4, 0.5) is 5.69 Å². The molecule has 2 aliphatic heterocycles. The zero-order valence-electron chi connectivity index (χ0n) is 16.5. The summed E-state index contributed by atoms with van der Waals surface area (Å²) in [5, 5.41) is 10.5. The van der Waals surface area contributed by atoms with E-state index in [-0.39, 0.29) is 17.9 Å². The number of nitrogens with zero attached hydrogens (tertiary/aromatic N) is 2. The number of aromatic amines is 1. The number of aromatic nitrogens is 2. The lowest BCUT2D eigenvalue weighted by Gasteiger charge is -2.34. The lowest BCUT2D eigenvalue weighted by atomic mass is 9.72. The van der Waals surface area contributed by atoms with E-state index in [4.69, 9.17) is 0 Å². The normalized spacial score (nSPS) is 24.2. The Morgan fingerprint density at radius 1 is 1.07 bits per heavy atom. The van der Waals surface area contributed by atoms with Crippen LogP contribution < -0.4 is 5.32 Å². The number of hydrogen-bond acceptors (Lipinski definition) is 3. The van der Waals surface area contributed by atoms with Crippen LogP contribution >= 0.6 is 0 Å². The van der Waals surface area contributed by atoms with Gasteiger partial charge >= 0.3 is 0 Å². The molecule has 3 aliphatic rings. The lowest BCUT2D eigenvalue weighted by Crippen LogP contribution is -2.42. The fourth-order valence-corrected chi connectivity index (χ4v) is 5.64. The van der Waals surface area contributed by atoms with Crippen molar-refractivity contribution in [3.63, 3.8) is 0 Å². The number of likely N-dealkylation sites (tertiary alicyclic amines) is 1. The third-order valence-electron chi connectivity index (χ3n) is 6.97. The van der Waals surface area contributed by atoms with Gasteiger partial charge in [0.25, 0.3) is 5.91 Å². The van der Waals surface area contributed by atoms with Crippen molar-refractivity contribution in [3.8, 4) is 0 Å². The van der Waals surface area contributed by atoms with Crippen LogP contribution in [0.2, 0.25) is 0 Å². The molecule has 150 valence electrons. The molecule has 2 N–H and O–H groups in total. The SMILES string of the molecule is O=C(c1n[nH]c2c1CCC2)N1CCC2(C(=O)Nc3ccccc32)C1c1ccccc1. The number of aryl methyl sites for hydroxylation is 1. The highest BCUT2D eigenvalue weighted by atomic mass is 16.2. The van der Waals surface area contributed by atoms with Crippen LogP contribution in [0.1, 0.15) is 51.8 Å². The second kappa shape index (κ2) is 6.29. The molecule has 6 nitrogen and oxygen atoms in total. The van der Waals surface area contributed by atoms with E-state index in [1.54, 1.807) is 0 Å². The fraction of sp³-hybridized carbons (Fsp3) is 0.292. The third kappa shape index (κ3) is 2.22. The average molecular weight is 398 g/mol. The molecule has 0 bridgehead atoms. The highest BCUT2D eigenvalue weighted by molar-refractivity contribution is 6.08. The maximum absolute atomic E-state index is 13.7. The lowest BCUT2D eigenvalue weighted by molar-refractivity contribution is -0.121. The summed E-state index contributed by atoms with van der Waals surface area (Å²) in [5.41, 5.74) is 4.66. The molecule has 2 atom stereocenters. The second-order valence-electron chi connectivity index (χ2n) is 8.42. The Balaban J connectivity index is 1.50. The Morgan fingerprint density at radius 3 is 2.73 bits per heavy atom. The Labute approximate surface area is 174 Å². The van der Waals surface area contributed by atoms with Gasteiger partial charge in [-0.15, -0.1) is 0 Å². The molecular weight excluding hydrogens is 376 g/mol. The van der Waals surface area contributed by atoms with Crippen LogP contribution in [0.15, 0.2) is 54.6 Å². The number of H-pyrrole nitrogens is 1. The highest BCUT2D eigenvalue weighted by Gasteiger charge is 2.59. The minimum atomic E-state index is -0.785. The van der Waals surface area contributed by atoms with Crippen LogP contribution in [-0.4, -0.2) is 33.5 Å². The van der Waals surface area contributed by atoms with Gasteiger partial charge in [-0.25, -0.2) is 0 Å². The number of anilines is 1. The van der Waals surface area contributed by atoms with Crippen LogP contribution in [-0.2, 0) is 23.1 Å². The Kier molecular flexibility index (Phi) is 3.66. The van der Waals surface area contributed by atoms with Crippen molar-refractivity contribution in [2.45, 2.75) is 37.1 Å². The maximum Gasteiger partial charge on any atom is 0.275 e. The number of hydrogen-bond donors (Lipinski definition) is 2. The molecule has 6 heteroatoms. The molecule has 2 amide bonds. The molecule has 1 aromatic heterocycles. The van der Waals surface area contributed by atoms with Gasteiger partial charge in [-0.05, 0) is 42.9 Å². The molecule has 2 aromatic carbocycles. The van der Waals surface area contributed by atoms with E-state index < -0.39 is 5.41 Å². The van der Waals surface area contributed by atoms with Crippen molar-refractivity contribution >= 4 is 17.5 Å². The molecular formula is C24H22N4O2. The summed E-state index contributed by atoms with van der Waals surface area (Å²) >= 11 is 0. The van der Waals surface area contributed by atoms with E-state index in [1.807, 2.05) is 59.5 Å². The minimum absolute atomic E-state index is 0.0277. The van der Waals surface area contributed by atoms with E-state index in [1.165, 1.54) is 0 Å². The van der Waals surface area contributed by atoms with Gasteiger partial charge in [0.05, 0.1) is 6.04 Å². The summed E-state index contributed by atoms with van der Waals surface area (Å²) in [4.78, 5) is 29.0. The Bertz CT molecular complexity index is 1170. The van der Waals surface area contributed by atoms with Crippen molar-refractivity contribution in [1.29, 1.82) is 0 Å². The quantitative estimate of drug-likeness (QED) is 0.695. The summed E-state index contributed by atoms with van der Waals surface area (Å²) in [6.07, 6.45) is 3.46. The van der Waals surface area contributed by atoms with Gasteiger partial charge in [-0.3, -0.25) is 14.7 Å². The number of rotatable bonds is 2. The first kappa shape index (κ1) is 17.4. The minimum Gasteiger partial charge on any atom is -0.329 e.